The van der Waals surface area contributed by atoms with Crippen molar-refractivity contribution in [2.75, 3.05) is 13.1 Å². The highest BCUT2D eigenvalue weighted by atomic mass is 16.2. The van der Waals surface area contributed by atoms with E-state index in [0.717, 1.165) is 25.9 Å². The van der Waals surface area contributed by atoms with Crippen molar-refractivity contribution in [3.05, 3.63) is 0 Å². The van der Waals surface area contributed by atoms with Gasteiger partial charge in [-0.3, -0.25) is 5.43 Å². The van der Waals surface area contributed by atoms with Gasteiger partial charge in [-0.05, 0) is 30.6 Å². The molecule has 0 radical (unpaired) electrons. The highest BCUT2D eigenvalue weighted by Gasteiger charge is 2.28. The number of rotatable bonds is 0. The zero-order valence-corrected chi connectivity index (χ0v) is 10.0. The van der Waals surface area contributed by atoms with Gasteiger partial charge in [0.05, 0.1) is 0 Å². The molecular weight excluding hydrogens is 190 g/mol. The molecule has 1 aliphatic rings. The van der Waals surface area contributed by atoms with Gasteiger partial charge in [-0.1, -0.05) is 20.8 Å². The summed E-state index contributed by atoms with van der Waals surface area (Å²) in [6.07, 6.45) is 3.37. The van der Waals surface area contributed by atoms with Crippen molar-refractivity contribution in [3.8, 4) is 0 Å². The molecule has 4 heteroatoms. The van der Waals surface area contributed by atoms with Crippen molar-refractivity contribution in [2.45, 2.75) is 40.0 Å². The molecule has 0 saturated carbocycles. The maximum Gasteiger partial charge on any atom is 0.331 e. The van der Waals surface area contributed by atoms with E-state index in [9.17, 15) is 4.79 Å². The Morgan fingerprint density at radius 3 is 2.53 bits per heavy atom. The van der Waals surface area contributed by atoms with Crippen molar-refractivity contribution >= 4 is 6.03 Å². The minimum atomic E-state index is -0.149. The highest BCUT2D eigenvalue weighted by molar-refractivity contribution is 5.73. The van der Waals surface area contributed by atoms with E-state index >= 15 is 0 Å². The molecule has 1 heterocycles. The second kappa shape index (κ2) is 4.84. The summed E-state index contributed by atoms with van der Waals surface area (Å²) in [5.41, 5.74) is 2.55. The van der Waals surface area contributed by atoms with Crippen LogP contribution in [0.1, 0.15) is 40.0 Å². The topological polar surface area (TPSA) is 58.4 Å². The minimum absolute atomic E-state index is 0.149. The average molecular weight is 213 g/mol. The maximum atomic E-state index is 11.4. The summed E-state index contributed by atoms with van der Waals surface area (Å²) in [6.45, 7) is 8.48. The van der Waals surface area contributed by atoms with Crippen LogP contribution in [0.2, 0.25) is 0 Å². The van der Waals surface area contributed by atoms with Crippen LogP contribution in [0.15, 0.2) is 0 Å². The molecule has 0 bridgehead atoms. The van der Waals surface area contributed by atoms with Crippen molar-refractivity contribution < 1.29 is 4.79 Å². The zero-order valence-electron chi connectivity index (χ0n) is 10.0. The Balaban J connectivity index is 2.52. The monoisotopic (exact) mass is 213 g/mol. The molecular formula is C11H23N3O. The summed E-state index contributed by atoms with van der Waals surface area (Å²) in [5, 5.41) is 0. The van der Waals surface area contributed by atoms with Crippen molar-refractivity contribution in [1.29, 1.82) is 0 Å². The molecule has 0 aromatic rings. The predicted octanol–water partition coefficient (Wildman–Crippen LogP) is 1.72. The van der Waals surface area contributed by atoms with Crippen LogP contribution in [0.5, 0.6) is 0 Å². The lowest BCUT2D eigenvalue weighted by atomic mass is 9.77. The SMILES string of the molecule is CC(C)(C)C1CCCN(C(=O)NN)CC1. The summed E-state index contributed by atoms with van der Waals surface area (Å²) < 4.78 is 0. The van der Waals surface area contributed by atoms with Gasteiger partial charge in [0.1, 0.15) is 0 Å². The molecule has 88 valence electrons. The number of likely N-dealkylation sites (tertiary alicyclic amines) is 1. The fourth-order valence-electron chi connectivity index (χ4n) is 2.26. The van der Waals surface area contributed by atoms with E-state index in [1.54, 1.807) is 0 Å². The lowest BCUT2D eigenvalue weighted by molar-refractivity contribution is 0.191. The Kier molecular flexibility index (Phi) is 3.97. The van der Waals surface area contributed by atoms with Crippen LogP contribution in [0, 0.1) is 11.3 Å². The van der Waals surface area contributed by atoms with Gasteiger partial charge in [-0.25, -0.2) is 10.6 Å². The van der Waals surface area contributed by atoms with Crippen molar-refractivity contribution in [2.24, 2.45) is 17.2 Å². The molecule has 0 aromatic heterocycles. The van der Waals surface area contributed by atoms with Gasteiger partial charge in [-0.15, -0.1) is 0 Å². The molecule has 1 aliphatic heterocycles. The molecule has 4 nitrogen and oxygen atoms in total. The Morgan fingerprint density at radius 1 is 1.33 bits per heavy atom. The van der Waals surface area contributed by atoms with E-state index in [-0.39, 0.29) is 6.03 Å². The van der Waals surface area contributed by atoms with Crippen LogP contribution in [0.4, 0.5) is 4.79 Å². The van der Waals surface area contributed by atoms with Gasteiger partial charge in [0.2, 0.25) is 0 Å². The molecule has 1 rings (SSSR count). The lowest BCUT2D eigenvalue weighted by Gasteiger charge is -2.29. The third kappa shape index (κ3) is 3.38. The standard InChI is InChI=1S/C11H23N3O/c1-11(2,3)9-5-4-7-14(8-6-9)10(15)13-12/h9H,4-8,12H2,1-3H3,(H,13,15). The summed E-state index contributed by atoms with van der Waals surface area (Å²) in [6, 6.07) is -0.149. The van der Waals surface area contributed by atoms with E-state index in [2.05, 4.69) is 26.2 Å². The first-order valence-corrected chi connectivity index (χ1v) is 5.70. The van der Waals surface area contributed by atoms with Gasteiger partial charge in [0, 0.05) is 13.1 Å². The fraction of sp³-hybridized carbons (Fsp3) is 0.909. The molecule has 1 atom stereocenters. The Morgan fingerprint density at radius 2 is 2.00 bits per heavy atom. The smallest absolute Gasteiger partial charge is 0.324 e. The van der Waals surface area contributed by atoms with Crippen molar-refractivity contribution in [3.63, 3.8) is 0 Å². The quantitative estimate of drug-likeness (QED) is 0.366. The minimum Gasteiger partial charge on any atom is -0.324 e. The predicted molar refractivity (Wildman–Crippen MR) is 61.1 cm³/mol. The number of hydrogen-bond acceptors (Lipinski definition) is 2. The number of carbonyl (C=O) groups excluding carboxylic acids is 1. The van der Waals surface area contributed by atoms with Gasteiger partial charge < -0.3 is 4.90 Å². The van der Waals surface area contributed by atoms with E-state index in [1.165, 1.54) is 6.42 Å². The van der Waals surface area contributed by atoms with Gasteiger partial charge in [0.25, 0.3) is 0 Å². The van der Waals surface area contributed by atoms with E-state index in [4.69, 9.17) is 5.84 Å². The third-order valence-electron chi connectivity index (χ3n) is 3.36. The summed E-state index contributed by atoms with van der Waals surface area (Å²) in [5.74, 6) is 5.84. The lowest BCUT2D eigenvalue weighted by Crippen LogP contribution is -2.43. The highest BCUT2D eigenvalue weighted by Crippen LogP contribution is 2.34. The molecule has 0 spiro atoms. The van der Waals surface area contributed by atoms with Gasteiger partial charge in [-0.2, -0.15) is 0 Å². The Hall–Kier alpha value is -0.770. The largest absolute Gasteiger partial charge is 0.331 e. The average Bonchev–Trinajstić information content (AvgIpc) is 2.40. The first-order valence-electron chi connectivity index (χ1n) is 5.70. The first-order chi connectivity index (χ1) is 6.95. The fourth-order valence-corrected chi connectivity index (χ4v) is 2.26. The number of nitrogens with zero attached hydrogens (tertiary/aromatic N) is 1. The number of hydrogen-bond donors (Lipinski definition) is 2. The number of hydrazine groups is 1. The zero-order chi connectivity index (χ0) is 11.5. The van der Waals surface area contributed by atoms with Crippen LogP contribution >= 0.6 is 0 Å². The van der Waals surface area contributed by atoms with Gasteiger partial charge >= 0.3 is 6.03 Å². The molecule has 0 aromatic carbocycles. The molecule has 0 aliphatic carbocycles. The van der Waals surface area contributed by atoms with E-state index in [0.29, 0.717) is 11.3 Å². The summed E-state index contributed by atoms with van der Waals surface area (Å²) in [4.78, 5) is 13.2. The normalized spacial score (nSPS) is 23.5. The Labute approximate surface area is 92.2 Å². The number of urea groups is 1. The van der Waals surface area contributed by atoms with Gasteiger partial charge in [0.15, 0.2) is 0 Å². The van der Waals surface area contributed by atoms with E-state index < -0.39 is 0 Å². The second-order valence-corrected chi connectivity index (χ2v) is 5.43. The summed E-state index contributed by atoms with van der Waals surface area (Å²) in [7, 11) is 0. The van der Waals surface area contributed by atoms with Crippen LogP contribution in [-0.4, -0.2) is 24.0 Å². The number of carbonyl (C=O) groups is 1. The Bertz CT molecular complexity index is 222. The third-order valence-corrected chi connectivity index (χ3v) is 3.36. The maximum absolute atomic E-state index is 11.4. The first kappa shape index (κ1) is 12.3. The van der Waals surface area contributed by atoms with Crippen LogP contribution < -0.4 is 11.3 Å². The van der Waals surface area contributed by atoms with Crippen LogP contribution in [-0.2, 0) is 0 Å². The molecule has 15 heavy (non-hydrogen) atoms. The number of nitrogens with two attached hydrogens (primary N) is 1. The van der Waals surface area contributed by atoms with Crippen molar-refractivity contribution in [1.82, 2.24) is 10.3 Å². The number of amides is 2. The molecule has 3 N–H and O–H groups in total. The van der Waals surface area contributed by atoms with E-state index in [1.807, 2.05) is 4.90 Å². The number of nitrogens with one attached hydrogen (secondary N) is 1. The molecule has 1 fully saturated rings. The molecule has 1 saturated heterocycles. The van der Waals surface area contributed by atoms with Crippen LogP contribution in [0.25, 0.3) is 0 Å². The second-order valence-electron chi connectivity index (χ2n) is 5.43. The summed E-state index contributed by atoms with van der Waals surface area (Å²) >= 11 is 0. The van der Waals surface area contributed by atoms with Crippen LogP contribution in [0.3, 0.4) is 0 Å². The molecule has 2 amide bonds. The molecule has 1 unspecified atom stereocenters.